The van der Waals surface area contributed by atoms with Crippen LogP contribution in [0.4, 0.5) is 13.2 Å². The molecule has 1 fully saturated rings. The molecule has 0 spiro atoms. The Morgan fingerprint density at radius 3 is 2.26 bits per heavy atom. The summed E-state index contributed by atoms with van der Waals surface area (Å²) in [6.07, 6.45) is -1.22. The summed E-state index contributed by atoms with van der Waals surface area (Å²) >= 11 is 0. The molecule has 0 aromatic heterocycles. The molecule has 0 aromatic rings. The van der Waals surface area contributed by atoms with Crippen LogP contribution in [-0.2, 0) is 0 Å². The van der Waals surface area contributed by atoms with Crippen molar-refractivity contribution in [1.29, 1.82) is 0 Å². The van der Waals surface area contributed by atoms with Gasteiger partial charge >= 0.3 is 6.18 Å². The SMILES string of the molecule is CCCC(C)NCC(C)N1CCC(C(F)(F)F)CC1. The molecule has 1 saturated heterocycles. The van der Waals surface area contributed by atoms with Crippen molar-refractivity contribution in [3.05, 3.63) is 0 Å². The largest absolute Gasteiger partial charge is 0.391 e. The van der Waals surface area contributed by atoms with Crippen LogP contribution in [0.3, 0.4) is 0 Å². The van der Waals surface area contributed by atoms with Gasteiger partial charge in [-0.1, -0.05) is 13.3 Å². The van der Waals surface area contributed by atoms with Crippen molar-refractivity contribution in [1.82, 2.24) is 10.2 Å². The topological polar surface area (TPSA) is 15.3 Å². The molecule has 19 heavy (non-hydrogen) atoms. The summed E-state index contributed by atoms with van der Waals surface area (Å²) < 4.78 is 37.7. The molecule has 0 aromatic carbocycles. The Morgan fingerprint density at radius 1 is 1.21 bits per heavy atom. The average molecular weight is 280 g/mol. The van der Waals surface area contributed by atoms with E-state index in [9.17, 15) is 13.2 Å². The number of halogens is 3. The number of hydrogen-bond donors (Lipinski definition) is 1. The molecule has 2 unspecified atom stereocenters. The molecule has 1 N–H and O–H groups in total. The molecule has 0 aliphatic carbocycles. The Kier molecular flexibility index (Phi) is 6.60. The van der Waals surface area contributed by atoms with E-state index in [0.29, 0.717) is 25.2 Å². The van der Waals surface area contributed by atoms with Gasteiger partial charge in [-0.2, -0.15) is 13.2 Å². The highest BCUT2D eigenvalue weighted by Gasteiger charge is 2.41. The minimum absolute atomic E-state index is 0.248. The molecule has 2 nitrogen and oxygen atoms in total. The van der Waals surface area contributed by atoms with E-state index in [2.05, 4.69) is 31.0 Å². The number of hydrogen-bond acceptors (Lipinski definition) is 2. The predicted octanol–water partition coefficient (Wildman–Crippen LogP) is 3.43. The van der Waals surface area contributed by atoms with Crippen LogP contribution in [0, 0.1) is 5.92 Å². The molecular formula is C14H27F3N2. The number of likely N-dealkylation sites (tertiary alicyclic amines) is 1. The molecule has 114 valence electrons. The van der Waals surface area contributed by atoms with Crippen molar-refractivity contribution in [2.75, 3.05) is 19.6 Å². The van der Waals surface area contributed by atoms with E-state index in [1.54, 1.807) is 0 Å². The van der Waals surface area contributed by atoms with Gasteiger partial charge in [0.25, 0.3) is 0 Å². The summed E-state index contributed by atoms with van der Waals surface area (Å²) in [7, 11) is 0. The number of piperidine rings is 1. The summed E-state index contributed by atoms with van der Waals surface area (Å²) in [5, 5.41) is 3.46. The van der Waals surface area contributed by atoms with E-state index in [-0.39, 0.29) is 12.8 Å². The smallest absolute Gasteiger partial charge is 0.313 e. The van der Waals surface area contributed by atoms with Gasteiger partial charge in [0.15, 0.2) is 0 Å². The van der Waals surface area contributed by atoms with Gasteiger partial charge in [-0.25, -0.2) is 0 Å². The number of alkyl halides is 3. The van der Waals surface area contributed by atoms with E-state index < -0.39 is 12.1 Å². The standard InChI is InChI=1S/C14H27F3N2/c1-4-5-11(2)18-10-12(3)19-8-6-13(7-9-19)14(15,16)17/h11-13,18H,4-10H2,1-3H3. The first kappa shape index (κ1) is 16.8. The molecule has 1 heterocycles. The van der Waals surface area contributed by atoms with Crippen molar-refractivity contribution >= 4 is 0 Å². The molecule has 0 bridgehead atoms. The fraction of sp³-hybridized carbons (Fsp3) is 1.00. The maximum Gasteiger partial charge on any atom is 0.391 e. The maximum absolute atomic E-state index is 12.6. The van der Waals surface area contributed by atoms with Crippen LogP contribution in [0.25, 0.3) is 0 Å². The van der Waals surface area contributed by atoms with Crippen LogP contribution >= 0.6 is 0 Å². The lowest BCUT2D eigenvalue weighted by atomic mass is 9.95. The van der Waals surface area contributed by atoms with Crippen molar-refractivity contribution in [3.63, 3.8) is 0 Å². The van der Waals surface area contributed by atoms with E-state index in [1.807, 2.05) is 0 Å². The van der Waals surface area contributed by atoms with Crippen LogP contribution in [0.15, 0.2) is 0 Å². The molecule has 0 radical (unpaired) electrons. The van der Waals surface area contributed by atoms with Gasteiger partial charge in [-0.05, 0) is 46.2 Å². The predicted molar refractivity (Wildman–Crippen MR) is 72.2 cm³/mol. The first-order valence-corrected chi connectivity index (χ1v) is 7.38. The monoisotopic (exact) mass is 280 g/mol. The van der Waals surface area contributed by atoms with E-state index >= 15 is 0 Å². The van der Waals surface area contributed by atoms with Crippen molar-refractivity contribution in [2.24, 2.45) is 5.92 Å². The van der Waals surface area contributed by atoms with E-state index in [1.165, 1.54) is 0 Å². The Bertz CT molecular complexity index is 248. The second-order valence-electron chi connectivity index (χ2n) is 5.80. The minimum Gasteiger partial charge on any atom is -0.313 e. The quantitative estimate of drug-likeness (QED) is 0.802. The van der Waals surface area contributed by atoms with Gasteiger partial charge in [0, 0.05) is 18.6 Å². The molecule has 5 heteroatoms. The van der Waals surface area contributed by atoms with Gasteiger partial charge in [0.2, 0.25) is 0 Å². The van der Waals surface area contributed by atoms with Crippen LogP contribution in [0.2, 0.25) is 0 Å². The number of nitrogens with one attached hydrogen (secondary N) is 1. The summed E-state index contributed by atoms with van der Waals surface area (Å²) in [5.41, 5.74) is 0. The third kappa shape index (κ3) is 5.69. The van der Waals surface area contributed by atoms with Crippen molar-refractivity contribution in [2.45, 2.75) is 64.7 Å². The van der Waals surface area contributed by atoms with E-state index in [0.717, 1.165) is 19.4 Å². The second kappa shape index (κ2) is 7.48. The molecule has 1 aliphatic rings. The second-order valence-corrected chi connectivity index (χ2v) is 5.80. The van der Waals surface area contributed by atoms with E-state index in [4.69, 9.17) is 0 Å². The van der Waals surface area contributed by atoms with Crippen LogP contribution in [-0.4, -0.2) is 42.8 Å². The summed E-state index contributed by atoms with van der Waals surface area (Å²) in [6.45, 7) is 8.40. The van der Waals surface area contributed by atoms with Gasteiger partial charge in [0.05, 0.1) is 5.92 Å². The fourth-order valence-corrected chi connectivity index (χ4v) is 2.70. The number of rotatable bonds is 6. The highest BCUT2D eigenvalue weighted by molar-refractivity contribution is 4.81. The minimum atomic E-state index is -4.01. The Balaban J connectivity index is 2.27. The lowest BCUT2D eigenvalue weighted by Gasteiger charge is -2.37. The first-order valence-electron chi connectivity index (χ1n) is 7.38. The third-order valence-electron chi connectivity index (χ3n) is 4.10. The Hall–Kier alpha value is -0.290. The van der Waals surface area contributed by atoms with Gasteiger partial charge < -0.3 is 5.32 Å². The highest BCUT2D eigenvalue weighted by atomic mass is 19.4. The zero-order valence-electron chi connectivity index (χ0n) is 12.3. The third-order valence-corrected chi connectivity index (χ3v) is 4.10. The molecule has 0 saturated carbocycles. The summed E-state index contributed by atoms with van der Waals surface area (Å²) in [5.74, 6) is -1.09. The molecule has 2 atom stereocenters. The molecule has 1 rings (SSSR count). The molecule has 0 amide bonds. The first-order chi connectivity index (χ1) is 8.84. The van der Waals surface area contributed by atoms with Crippen LogP contribution < -0.4 is 5.32 Å². The number of nitrogens with zero attached hydrogens (tertiary/aromatic N) is 1. The van der Waals surface area contributed by atoms with Crippen LogP contribution in [0.5, 0.6) is 0 Å². The fourth-order valence-electron chi connectivity index (χ4n) is 2.70. The zero-order valence-corrected chi connectivity index (χ0v) is 12.3. The lowest BCUT2D eigenvalue weighted by Crippen LogP contribution is -2.47. The van der Waals surface area contributed by atoms with Crippen molar-refractivity contribution in [3.8, 4) is 0 Å². The zero-order chi connectivity index (χ0) is 14.5. The summed E-state index contributed by atoms with van der Waals surface area (Å²) in [6, 6.07) is 0.800. The Morgan fingerprint density at radius 2 is 1.79 bits per heavy atom. The highest BCUT2D eigenvalue weighted by Crippen LogP contribution is 2.34. The normalized spacial score (nSPS) is 22.4. The summed E-state index contributed by atoms with van der Waals surface area (Å²) in [4.78, 5) is 2.17. The average Bonchev–Trinajstić information content (AvgIpc) is 2.35. The van der Waals surface area contributed by atoms with Crippen LogP contribution in [0.1, 0.15) is 46.5 Å². The van der Waals surface area contributed by atoms with Gasteiger partial charge in [-0.15, -0.1) is 0 Å². The lowest BCUT2D eigenvalue weighted by molar-refractivity contribution is -0.185. The van der Waals surface area contributed by atoms with Crippen molar-refractivity contribution < 1.29 is 13.2 Å². The van der Waals surface area contributed by atoms with Gasteiger partial charge in [0.1, 0.15) is 0 Å². The molecular weight excluding hydrogens is 253 g/mol. The van der Waals surface area contributed by atoms with Gasteiger partial charge in [-0.3, -0.25) is 4.90 Å². The Labute approximate surface area is 114 Å². The maximum atomic E-state index is 12.6. The molecule has 1 aliphatic heterocycles.